The Hall–Kier alpha value is -1.05. The van der Waals surface area contributed by atoms with Gasteiger partial charge in [-0.2, -0.15) is 0 Å². The number of hydrogen-bond donors (Lipinski definition) is 0. The van der Waals surface area contributed by atoms with Crippen LogP contribution in [0.5, 0.6) is 0 Å². The molecule has 0 fully saturated rings. The van der Waals surface area contributed by atoms with Gasteiger partial charge in [0.2, 0.25) is 5.91 Å². The number of carbonyl (C=O) groups excluding carboxylic acids is 1. The fraction of sp³-hybridized carbons (Fsp3) is 0.750. The SMILES string of the molecule is CCCCCCCC=CCCCCC1=C(C)N(C(C)=O)CC1. The smallest absolute Gasteiger partial charge is 0.223 e. The molecular weight excluding hydrogens is 270 g/mol. The third-order valence-electron chi connectivity index (χ3n) is 4.67. The highest BCUT2D eigenvalue weighted by Gasteiger charge is 2.20. The molecular formula is C20H35NO. The largest absolute Gasteiger partial charge is 0.316 e. The monoisotopic (exact) mass is 305 g/mol. The van der Waals surface area contributed by atoms with E-state index in [4.69, 9.17) is 0 Å². The van der Waals surface area contributed by atoms with Gasteiger partial charge >= 0.3 is 0 Å². The molecule has 1 aliphatic heterocycles. The molecule has 0 aliphatic carbocycles. The molecule has 1 rings (SSSR count). The highest BCUT2D eigenvalue weighted by Crippen LogP contribution is 2.26. The van der Waals surface area contributed by atoms with Crippen LogP contribution in [0.15, 0.2) is 23.4 Å². The maximum atomic E-state index is 11.4. The van der Waals surface area contributed by atoms with Gasteiger partial charge in [-0.15, -0.1) is 0 Å². The Labute approximate surface area is 137 Å². The first kappa shape index (κ1) is 19.0. The lowest BCUT2D eigenvalue weighted by atomic mass is 10.0. The second kappa shape index (κ2) is 11.5. The first-order valence-corrected chi connectivity index (χ1v) is 9.28. The third-order valence-corrected chi connectivity index (χ3v) is 4.67. The van der Waals surface area contributed by atoms with Crippen molar-refractivity contribution in [3.63, 3.8) is 0 Å². The van der Waals surface area contributed by atoms with Gasteiger partial charge in [0.1, 0.15) is 0 Å². The Morgan fingerprint density at radius 3 is 2.27 bits per heavy atom. The Morgan fingerprint density at radius 2 is 1.68 bits per heavy atom. The minimum atomic E-state index is 0.189. The zero-order valence-corrected chi connectivity index (χ0v) is 15.0. The maximum Gasteiger partial charge on any atom is 0.223 e. The van der Waals surface area contributed by atoms with Gasteiger partial charge in [0.05, 0.1) is 0 Å². The Kier molecular flexibility index (Phi) is 9.94. The first-order valence-electron chi connectivity index (χ1n) is 9.28. The van der Waals surface area contributed by atoms with Crippen molar-refractivity contribution in [2.24, 2.45) is 0 Å². The third kappa shape index (κ3) is 7.29. The van der Waals surface area contributed by atoms with Gasteiger partial charge in [-0.05, 0) is 57.4 Å². The molecule has 0 spiro atoms. The molecule has 2 heteroatoms. The van der Waals surface area contributed by atoms with Gasteiger partial charge < -0.3 is 4.90 Å². The van der Waals surface area contributed by atoms with E-state index in [1.54, 1.807) is 6.92 Å². The van der Waals surface area contributed by atoms with E-state index in [9.17, 15) is 4.79 Å². The minimum absolute atomic E-state index is 0.189. The normalized spacial score (nSPS) is 15.3. The average molecular weight is 306 g/mol. The minimum Gasteiger partial charge on any atom is -0.316 e. The quantitative estimate of drug-likeness (QED) is 0.339. The van der Waals surface area contributed by atoms with E-state index >= 15 is 0 Å². The molecule has 0 N–H and O–H groups in total. The van der Waals surface area contributed by atoms with Crippen molar-refractivity contribution in [2.45, 2.75) is 91.4 Å². The van der Waals surface area contributed by atoms with Gasteiger partial charge in [-0.3, -0.25) is 4.79 Å². The molecule has 0 aromatic heterocycles. The second-order valence-electron chi connectivity index (χ2n) is 6.53. The van der Waals surface area contributed by atoms with Crippen molar-refractivity contribution >= 4 is 5.91 Å². The first-order chi connectivity index (χ1) is 10.7. The van der Waals surface area contributed by atoms with Crippen LogP contribution in [0.25, 0.3) is 0 Å². The Balaban J connectivity index is 2.03. The number of rotatable bonds is 11. The van der Waals surface area contributed by atoms with E-state index in [1.165, 1.54) is 75.5 Å². The molecule has 1 amide bonds. The zero-order valence-electron chi connectivity index (χ0n) is 15.0. The molecule has 1 heterocycles. The van der Waals surface area contributed by atoms with Crippen LogP contribution in [0.4, 0.5) is 0 Å². The summed E-state index contributed by atoms with van der Waals surface area (Å²) in [6, 6.07) is 0. The molecule has 0 aromatic rings. The van der Waals surface area contributed by atoms with Gasteiger partial charge in [-0.25, -0.2) is 0 Å². The molecule has 0 unspecified atom stereocenters. The summed E-state index contributed by atoms with van der Waals surface area (Å²) in [5, 5.41) is 0. The molecule has 0 bridgehead atoms. The number of carbonyl (C=O) groups is 1. The van der Waals surface area contributed by atoms with Crippen LogP contribution >= 0.6 is 0 Å². The van der Waals surface area contributed by atoms with Crippen LogP contribution in [0.1, 0.15) is 91.4 Å². The summed E-state index contributed by atoms with van der Waals surface area (Å²) in [4.78, 5) is 13.4. The number of hydrogen-bond acceptors (Lipinski definition) is 1. The van der Waals surface area contributed by atoms with Gasteiger partial charge in [0, 0.05) is 19.2 Å². The van der Waals surface area contributed by atoms with E-state index in [2.05, 4.69) is 26.0 Å². The van der Waals surface area contributed by atoms with Crippen molar-refractivity contribution in [1.82, 2.24) is 4.90 Å². The average Bonchev–Trinajstić information content (AvgIpc) is 2.86. The summed E-state index contributed by atoms with van der Waals surface area (Å²) in [6.45, 7) is 6.93. The van der Waals surface area contributed by atoms with Gasteiger partial charge in [0.25, 0.3) is 0 Å². The van der Waals surface area contributed by atoms with Gasteiger partial charge in [-0.1, -0.05) is 44.8 Å². The number of nitrogens with zero attached hydrogens (tertiary/aromatic N) is 1. The molecule has 0 aromatic carbocycles. The van der Waals surface area contributed by atoms with Crippen LogP contribution in [0, 0.1) is 0 Å². The van der Waals surface area contributed by atoms with Crippen molar-refractivity contribution in [3.05, 3.63) is 23.4 Å². The number of allylic oxidation sites excluding steroid dienone is 3. The lowest BCUT2D eigenvalue weighted by Crippen LogP contribution is -2.23. The van der Waals surface area contributed by atoms with Crippen LogP contribution in [-0.4, -0.2) is 17.4 Å². The van der Waals surface area contributed by atoms with E-state index in [0.717, 1.165) is 13.0 Å². The molecule has 22 heavy (non-hydrogen) atoms. The molecule has 0 atom stereocenters. The van der Waals surface area contributed by atoms with Crippen molar-refractivity contribution in [2.75, 3.05) is 6.54 Å². The molecule has 0 radical (unpaired) electrons. The summed E-state index contributed by atoms with van der Waals surface area (Å²) in [7, 11) is 0. The molecule has 0 saturated heterocycles. The summed E-state index contributed by atoms with van der Waals surface area (Å²) in [5.41, 5.74) is 2.71. The zero-order chi connectivity index (χ0) is 16.2. The summed E-state index contributed by atoms with van der Waals surface area (Å²) < 4.78 is 0. The second-order valence-corrected chi connectivity index (χ2v) is 6.53. The predicted octanol–water partition coefficient (Wildman–Crippen LogP) is 5.99. The van der Waals surface area contributed by atoms with Crippen LogP contribution in [0.2, 0.25) is 0 Å². The summed E-state index contributed by atoms with van der Waals surface area (Å²) in [5.74, 6) is 0.189. The lowest BCUT2D eigenvalue weighted by molar-refractivity contribution is -0.126. The van der Waals surface area contributed by atoms with Crippen LogP contribution < -0.4 is 0 Å². The van der Waals surface area contributed by atoms with E-state index < -0.39 is 0 Å². The summed E-state index contributed by atoms with van der Waals surface area (Å²) in [6.07, 6.45) is 18.8. The van der Waals surface area contributed by atoms with E-state index in [1.807, 2.05) is 4.90 Å². The molecule has 0 saturated carbocycles. The molecule has 126 valence electrons. The highest BCUT2D eigenvalue weighted by molar-refractivity contribution is 5.76. The maximum absolute atomic E-state index is 11.4. The fourth-order valence-corrected chi connectivity index (χ4v) is 3.19. The van der Waals surface area contributed by atoms with E-state index in [0.29, 0.717) is 0 Å². The molecule has 2 nitrogen and oxygen atoms in total. The van der Waals surface area contributed by atoms with Gasteiger partial charge in [0.15, 0.2) is 0 Å². The summed E-state index contributed by atoms with van der Waals surface area (Å²) >= 11 is 0. The highest BCUT2D eigenvalue weighted by atomic mass is 16.2. The van der Waals surface area contributed by atoms with Crippen LogP contribution in [-0.2, 0) is 4.79 Å². The molecule has 1 aliphatic rings. The van der Waals surface area contributed by atoms with Crippen LogP contribution in [0.3, 0.4) is 0 Å². The van der Waals surface area contributed by atoms with E-state index in [-0.39, 0.29) is 5.91 Å². The number of amides is 1. The standard InChI is InChI=1S/C20H35NO/c1-4-5-6-7-8-9-10-11-12-13-14-15-20-16-17-21(18(20)2)19(3)22/h10-11H,4-9,12-17H2,1-3H3. The topological polar surface area (TPSA) is 20.3 Å². The Morgan fingerprint density at radius 1 is 1.05 bits per heavy atom. The lowest BCUT2D eigenvalue weighted by Gasteiger charge is -2.14. The van der Waals surface area contributed by atoms with Crippen molar-refractivity contribution < 1.29 is 4.79 Å². The predicted molar refractivity (Wildman–Crippen MR) is 95.7 cm³/mol. The van der Waals surface area contributed by atoms with Crippen molar-refractivity contribution in [3.8, 4) is 0 Å². The number of unbranched alkanes of at least 4 members (excludes halogenated alkanes) is 7. The van der Waals surface area contributed by atoms with Crippen molar-refractivity contribution in [1.29, 1.82) is 0 Å². The Bertz CT molecular complexity index is 381. The fourth-order valence-electron chi connectivity index (χ4n) is 3.19.